The first kappa shape index (κ1) is 13.0. The molecule has 3 heterocycles. The van der Waals surface area contributed by atoms with Gasteiger partial charge >= 0.3 is 0 Å². The molecule has 4 rings (SSSR count). The normalized spacial score (nSPS) is 16.5. The summed E-state index contributed by atoms with van der Waals surface area (Å²) in [5.41, 5.74) is 1.11. The van der Waals surface area contributed by atoms with E-state index >= 15 is 0 Å². The van der Waals surface area contributed by atoms with Crippen LogP contribution in [0.3, 0.4) is 0 Å². The molecule has 0 aliphatic carbocycles. The second-order valence-electron chi connectivity index (χ2n) is 5.21. The van der Waals surface area contributed by atoms with Gasteiger partial charge in [0.15, 0.2) is 10.3 Å². The number of piperidine rings is 1. The standard InChI is InChI=1S/C15H16N4S2/c1-2-4-13-12(3-1)18-15(21-13)19-8-5-11(6-9-19)17-14-16-7-10-20-14/h1-4,7,10-11H,5-6,8-9H2,(H,16,17). The maximum absolute atomic E-state index is 4.75. The molecule has 1 fully saturated rings. The largest absolute Gasteiger partial charge is 0.359 e. The van der Waals surface area contributed by atoms with Crippen LogP contribution in [-0.2, 0) is 0 Å². The Bertz CT molecular complexity index is 681. The van der Waals surface area contributed by atoms with Gasteiger partial charge in [0.05, 0.1) is 10.2 Å². The molecule has 0 unspecified atom stereocenters. The van der Waals surface area contributed by atoms with Crippen molar-refractivity contribution in [3.8, 4) is 0 Å². The highest BCUT2D eigenvalue weighted by Crippen LogP contribution is 2.30. The van der Waals surface area contributed by atoms with Crippen molar-refractivity contribution >= 4 is 43.2 Å². The summed E-state index contributed by atoms with van der Waals surface area (Å²) >= 11 is 3.47. The topological polar surface area (TPSA) is 41.0 Å². The van der Waals surface area contributed by atoms with Gasteiger partial charge in [-0.15, -0.1) is 11.3 Å². The third kappa shape index (κ3) is 2.73. The van der Waals surface area contributed by atoms with Gasteiger partial charge in [-0.05, 0) is 25.0 Å². The molecule has 0 radical (unpaired) electrons. The van der Waals surface area contributed by atoms with Gasteiger partial charge in [-0.1, -0.05) is 23.5 Å². The summed E-state index contributed by atoms with van der Waals surface area (Å²) in [4.78, 5) is 11.5. The van der Waals surface area contributed by atoms with E-state index in [1.54, 1.807) is 22.7 Å². The highest BCUT2D eigenvalue weighted by molar-refractivity contribution is 7.22. The van der Waals surface area contributed by atoms with Crippen molar-refractivity contribution in [1.82, 2.24) is 9.97 Å². The van der Waals surface area contributed by atoms with E-state index in [9.17, 15) is 0 Å². The molecule has 0 saturated carbocycles. The number of nitrogens with one attached hydrogen (secondary N) is 1. The van der Waals surface area contributed by atoms with Gasteiger partial charge in [-0.2, -0.15) is 0 Å². The molecule has 0 spiro atoms. The number of thiazole rings is 2. The first-order valence-corrected chi connectivity index (χ1v) is 8.85. The Kier molecular flexibility index (Phi) is 3.48. The Balaban J connectivity index is 1.42. The number of anilines is 2. The van der Waals surface area contributed by atoms with Crippen LogP contribution in [-0.4, -0.2) is 29.1 Å². The molecular weight excluding hydrogens is 300 g/mol. The number of hydrogen-bond donors (Lipinski definition) is 1. The number of para-hydroxylation sites is 1. The quantitative estimate of drug-likeness (QED) is 0.797. The summed E-state index contributed by atoms with van der Waals surface area (Å²) in [6.45, 7) is 2.12. The molecule has 1 aliphatic rings. The van der Waals surface area contributed by atoms with Gasteiger partial charge < -0.3 is 10.2 Å². The number of fused-ring (bicyclic) bond motifs is 1. The zero-order valence-electron chi connectivity index (χ0n) is 11.5. The van der Waals surface area contributed by atoms with Crippen molar-refractivity contribution < 1.29 is 0 Å². The maximum Gasteiger partial charge on any atom is 0.186 e. The highest BCUT2D eigenvalue weighted by atomic mass is 32.1. The molecule has 6 heteroatoms. The number of nitrogens with zero attached hydrogens (tertiary/aromatic N) is 3. The van der Waals surface area contributed by atoms with E-state index in [-0.39, 0.29) is 0 Å². The zero-order valence-corrected chi connectivity index (χ0v) is 13.2. The Morgan fingerprint density at radius 1 is 1.19 bits per heavy atom. The van der Waals surface area contributed by atoms with Gasteiger partial charge in [0.25, 0.3) is 0 Å². The summed E-state index contributed by atoms with van der Waals surface area (Å²) in [6, 6.07) is 8.89. The van der Waals surface area contributed by atoms with Crippen LogP contribution in [0.5, 0.6) is 0 Å². The van der Waals surface area contributed by atoms with Crippen molar-refractivity contribution in [1.29, 1.82) is 0 Å². The van der Waals surface area contributed by atoms with Crippen molar-refractivity contribution in [2.75, 3.05) is 23.3 Å². The fourth-order valence-corrected chi connectivity index (χ4v) is 4.30. The SMILES string of the molecule is c1ccc2sc(N3CCC(Nc4nccs4)CC3)nc2c1. The molecule has 108 valence electrons. The predicted molar refractivity (Wildman–Crippen MR) is 90.6 cm³/mol. The fraction of sp³-hybridized carbons (Fsp3) is 0.333. The summed E-state index contributed by atoms with van der Waals surface area (Å²) < 4.78 is 1.27. The van der Waals surface area contributed by atoms with Gasteiger partial charge in [0.2, 0.25) is 0 Å². The second kappa shape index (κ2) is 5.61. The van der Waals surface area contributed by atoms with Crippen LogP contribution in [0.1, 0.15) is 12.8 Å². The van der Waals surface area contributed by atoms with E-state index in [2.05, 4.69) is 39.5 Å². The summed E-state index contributed by atoms with van der Waals surface area (Å²) in [6.07, 6.45) is 4.12. The van der Waals surface area contributed by atoms with Gasteiger partial charge in [0.1, 0.15) is 0 Å². The molecule has 21 heavy (non-hydrogen) atoms. The lowest BCUT2D eigenvalue weighted by molar-refractivity contribution is 0.526. The third-order valence-electron chi connectivity index (χ3n) is 3.81. The van der Waals surface area contributed by atoms with Crippen LogP contribution >= 0.6 is 22.7 Å². The first-order chi connectivity index (χ1) is 10.4. The minimum absolute atomic E-state index is 0.529. The molecule has 1 saturated heterocycles. The molecule has 0 amide bonds. The number of rotatable bonds is 3. The van der Waals surface area contributed by atoms with E-state index in [0.29, 0.717) is 6.04 Å². The molecule has 2 aromatic heterocycles. The maximum atomic E-state index is 4.75. The van der Waals surface area contributed by atoms with Gasteiger partial charge in [0, 0.05) is 30.7 Å². The van der Waals surface area contributed by atoms with E-state index in [4.69, 9.17) is 4.98 Å². The lowest BCUT2D eigenvalue weighted by atomic mass is 10.1. The van der Waals surface area contributed by atoms with E-state index in [1.807, 2.05) is 11.6 Å². The van der Waals surface area contributed by atoms with Gasteiger partial charge in [-0.3, -0.25) is 0 Å². The highest BCUT2D eigenvalue weighted by Gasteiger charge is 2.21. The Morgan fingerprint density at radius 2 is 2.05 bits per heavy atom. The van der Waals surface area contributed by atoms with Crippen LogP contribution in [0, 0.1) is 0 Å². The lowest BCUT2D eigenvalue weighted by Crippen LogP contribution is -2.39. The van der Waals surface area contributed by atoms with E-state index in [0.717, 1.165) is 41.7 Å². The molecule has 1 aromatic carbocycles. The number of benzene rings is 1. The Hall–Kier alpha value is -1.66. The van der Waals surface area contributed by atoms with Crippen molar-refractivity contribution in [2.45, 2.75) is 18.9 Å². The number of hydrogen-bond acceptors (Lipinski definition) is 6. The smallest absolute Gasteiger partial charge is 0.186 e. The third-order valence-corrected chi connectivity index (χ3v) is 5.61. The molecule has 3 aromatic rings. The summed E-state index contributed by atoms with van der Waals surface area (Å²) in [7, 11) is 0. The lowest BCUT2D eigenvalue weighted by Gasteiger charge is -2.32. The second-order valence-corrected chi connectivity index (χ2v) is 7.11. The molecule has 1 aliphatic heterocycles. The van der Waals surface area contributed by atoms with Crippen LogP contribution in [0.4, 0.5) is 10.3 Å². The predicted octanol–water partition coefficient (Wildman–Crippen LogP) is 3.83. The number of aromatic nitrogens is 2. The van der Waals surface area contributed by atoms with Gasteiger partial charge in [-0.25, -0.2) is 9.97 Å². The Morgan fingerprint density at radius 3 is 2.81 bits per heavy atom. The minimum atomic E-state index is 0.529. The average Bonchev–Trinajstić information content (AvgIpc) is 3.16. The molecule has 4 nitrogen and oxygen atoms in total. The molecular formula is C15H16N4S2. The molecule has 0 atom stereocenters. The zero-order chi connectivity index (χ0) is 14.1. The van der Waals surface area contributed by atoms with Crippen molar-refractivity contribution in [2.24, 2.45) is 0 Å². The first-order valence-electron chi connectivity index (χ1n) is 7.15. The minimum Gasteiger partial charge on any atom is -0.359 e. The summed E-state index contributed by atoms with van der Waals surface area (Å²) in [5.74, 6) is 0. The van der Waals surface area contributed by atoms with Crippen LogP contribution < -0.4 is 10.2 Å². The van der Waals surface area contributed by atoms with E-state index < -0.39 is 0 Å². The fourth-order valence-electron chi connectivity index (χ4n) is 2.68. The molecule has 0 bridgehead atoms. The summed E-state index contributed by atoms with van der Waals surface area (Å²) in [5, 5.41) is 7.73. The van der Waals surface area contributed by atoms with Crippen molar-refractivity contribution in [3.63, 3.8) is 0 Å². The Labute approximate surface area is 131 Å². The van der Waals surface area contributed by atoms with Crippen LogP contribution in [0.2, 0.25) is 0 Å². The molecule has 1 N–H and O–H groups in total. The van der Waals surface area contributed by atoms with Crippen molar-refractivity contribution in [3.05, 3.63) is 35.8 Å². The monoisotopic (exact) mass is 316 g/mol. The van der Waals surface area contributed by atoms with Crippen LogP contribution in [0.15, 0.2) is 35.8 Å². The van der Waals surface area contributed by atoms with Crippen LogP contribution in [0.25, 0.3) is 10.2 Å². The van der Waals surface area contributed by atoms with E-state index in [1.165, 1.54) is 4.70 Å². The average molecular weight is 316 g/mol.